The lowest BCUT2D eigenvalue weighted by molar-refractivity contribution is -0.141. The van der Waals surface area contributed by atoms with Crippen LogP contribution >= 0.6 is 0 Å². The van der Waals surface area contributed by atoms with E-state index < -0.39 is 6.09 Å². The summed E-state index contributed by atoms with van der Waals surface area (Å²) in [6, 6.07) is 14.2. The van der Waals surface area contributed by atoms with Crippen molar-refractivity contribution in [3.63, 3.8) is 0 Å². The van der Waals surface area contributed by atoms with E-state index in [4.69, 9.17) is 9.47 Å². The number of ether oxygens (including phenoxy) is 2. The summed E-state index contributed by atoms with van der Waals surface area (Å²) in [6.07, 6.45) is -0.0673. The van der Waals surface area contributed by atoms with Crippen LogP contribution in [-0.2, 0) is 22.6 Å². The van der Waals surface area contributed by atoms with Gasteiger partial charge in [-0.15, -0.1) is 0 Å². The SMILES string of the molecule is CCN(CC)c1ccc2c(c1)OC(=O)C(CCOC(=O)NCc1cccc(CN(C)C)c1)C2C. The van der Waals surface area contributed by atoms with E-state index in [-0.39, 0.29) is 24.4 Å². The van der Waals surface area contributed by atoms with E-state index in [2.05, 4.69) is 47.2 Å². The lowest BCUT2D eigenvalue weighted by Crippen LogP contribution is -2.32. The Hall–Kier alpha value is -3.06. The van der Waals surface area contributed by atoms with Crippen molar-refractivity contribution in [2.24, 2.45) is 5.92 Å². The van der Waals surface area contributed by atoms with Gasteiger partial charge in [0.1, 0.15) is 5.75 Å². The van der Waals surface area contributed by atoms with Gasteiger partial charge in [-0.05, 0) is 63.0 Å². The molecule has 0 aliphatic carbocycles. The average molecular weight is 468 g/mol. The molecule has 2 aromatic rings. The van der Waals surface area contributed by atoms with E-state index in [1.165, 1.54) is 5.56 Å². The topological polar surface area (TPSA) is 71.1 Å². The first-order valence-corrected chi connectivity index (χ1v) is 12.1. The Morgan fingerprint density at radius 3 is 2.53 bits per heavy atom. The largest absolute Gasteiger partial charge is 0.450 e. The molecule has 3 rings (SSSR count). The number of fused-ring (bicyclic) bond motifs is 1. The maximum atomic E-state index is 12.7. The molecule has 2 aromatic carbocycles. The molecule has 7 heteroatoms. The number of benzene rings is 2. The molecule has 1 heterocycles. The maximum Gasteiger partial charge on any atom is 0.407 e. The first kappa shape index (κ1) is 25.6. The third-order valence-corrected chi connectivity index (χ3v) is 6.32. The minimum absolute atomic E-state index is 0.00639. The van der Waals surface area contributed by atoms with Gasteiger partial charge in [-0.2, -0.15) is 0 Å². The number of esters is 1. The Bertz CT molecular complexity index is 988. The van der Waals surface area contributed by atoms with E-state index in [1.54, 1.807) is 0 Å². The van der Waals surface area contributed by atoms with Gasteiger partial charge in [0.15, 0.2) is 0 Å². The molecule has 0 aromatic heterocycles. The number of hydrogen-bond donors (Lipinski definition) is 1. The van der Waals surface area contributed by atoms with Gasteiger partial charge < -0.3 is 24.6 Å². The average Bonchev–Trinajstić information content (AvgIpc) is 2.80. The molecule has 184 valence electrons. The Kier molecular flexibility index (Phi) is 8.93. The van der Waals surface area contributed by atoms with Crippen LogP contribution in [0.25, 0.3) is 0 Å². The number of nitrogens with zero attached hydrogens (tertiary/aromatic N) is 2. The predicted octanol–water partition coefficient (Wildman–Crippen LogP) is 4.55. The molecule has 0 bridgehead atoms. The Balaban J connectivity index is 1.50. The van der Waals surface area contributed by atoms with Crippen molar-refractivity contribution < 1.29 is 19.1 Å². The molecule has 1 N–H and O–H groups in total. The van der Waals surface area contributed by atoms with Crippen molar-refractivity contribution in [3.05, 3.63) is 59.2 Å². The van der Waals surface area contributed by atoms with Crippen molar-refractivity contribution in [2.75, 3.05) is 38.7 Å². The van der Waals surface area contributed by atoms with Crippen LogP contribution in [0, 0.1) is 5.92 Å². The fourth-order valence-electron chi connectivity index (χ4n) is 4.45. The highest BCUT2D eigenvalue weighted by Crippen LogP contribution is 2.40. The van der Waals surface area contributed by atoms with E-state index in [0.717, 1.165) is 36.4 Å². The van der Waals surface area contributed by atoms with Gasteiger partial charge in [-0.1, -0.05) is 37.3 Å². The predicted molar refractivity (Wildman–Crippen MR) is 134 cm³/mol. The summed E-state index contributed by atoms with van der Waals surface area (Å²) >= 11 is 0. The van der Waals surface area contributed by atoms with Gasteiger partial charge >= 0.3 is 12.1 Å². The highest BCUT2D eigenvalue weighted by Gasteiger charge is 2.35. The molecule has 1 aliphatic heterocycles. The number of nitrogens with one attached hydrogen (secondary N) is 1. The van der Waals surface area contributed by atoms with Crippen molar-refractivity contribution >= 4 is 17.7 Å². The molecule has 34 heavy (non-hydrogen) atoms. The molecule has 0 saturated carbocycles. The van der Waals surface area contributed by atoms with E-state index in [1.807, 2.05) is 45.3 Å². The maximum absolute atomic E-state index is 12.7. The smallest absolute Gasteiger partial charge is 0.407 e. The summed E-state index contributed by atoms with van der Waals surface area (Å²) in [4.78, 5) is 29.2. The van der Waals surface area contributed by atoms with Gasteiger partial charge in [0.2, 0.25) is 0 Å². The van der Waals surface area contributed by atoms with Crippen molar-refractivity contribution in [2.45, 2.75) is 46.2 Å². The molecule has 2 atom stereocenters. The molecule has 0 radical (unpaired) electrons. The molecule has 0 fully saturated rings. The monoisotopic (exact) mass is 467 g/mol. The molecule has 0 saturated heterocycles. The summed E-state index contributed by atoms with van der Waals surface area (Å²) in [6.45, 7) is 9.41. The fraction of sp³-hybridized carbons (Fsp3) is 0.481. The molecular weight excluding hydrogens is 430 g/mol. The Morgan fingerprint density at radius 1 is 1.09 bits per heavy atom. The molecule has 0 spiro atoms. The number of carbonyl (C=O) groups is 2. The van der Waals surface area contributed by atoms with Gasteiger partial charge in [0, 0.05) is 37.9 Å². The Morgan fingerprint density at radius 2 is 1.82 bits per heavy atom. The van der Waals surface area contributed by atoms with Crippen LogP contribution in [0.1, 0.15) is 49.8 Å². The van der Waals surface area contributed by atoms with Crippen LogP contribution in [-0.4, -0.2) is 50.8 Å². The zero-order valence-corrected chi connectivity index (χ0v) is 21.0. The number of amides is 1. The minimum Gasteiger partial charge on any atom is -0.450 e. The molecule has 2 unspecified atom stereocenters. The number of anilines is 1. The number of hydrogen-bond acceptors (Lipinski definition) is 6. The first-order valence-electron chi connectivity index (χ1n) is 12.1. The fourth-order valence-corrected chi connectivity index (χ4v) is 4.45. The quantitative estimate of drug-likeness (QED) is 0.408. The van der Waals surface area contributed by atoms with E-state index in [9.17, 15) is 9.59 Å². The van der Waals surface area contributed by atoms with Gasteiger partial charge in [0.25, 0.3) is 0 Å². The number of carbonyl (C=O) groups excluding carboxylic acids is 2. The third kappa shape index (κ3) is 6.50. The molecule has 1 aliphatic rings. The summed E-state index contributed by atoms with van der Waals surface area (Å²) in [5.41, 5.74) is 4.27. The summed E-state index contributed by atoms with van der Waals surface area (Å²) in [5, 5.41) is 2.79. The second-order valence-corrected chi connectivity index (χ2v) is 9.05. The number of alkyl carbamates (subject to hydrolysis) is 1. The van der Waals surface area contributed by atoms with Gasteiger partial charge in [-0.3, -0.25) is 4.79 Å². The van der Waals surface area contributed by atoms with Crippen LogP contribution in [0.4, 0.5) is 10.5 Å². The Labute approximate surface area is 203 Å². The molecule has 1 amide bonds. The lowest BCUT2D eigenvalue weighted by Gasteiger charge is -2.31. The van der Waals surface area contributed by atoms with E-state index in [0.29, 0.717) is 18.7 Å². The second-order valence-electron chi connectivity index (χ2n) is 9.05. The highest BCUT2D eigenvalue weighted by atomic mass is 16.6. The van der Waals surface area contributed by atoms with Crippen molar-refractivity contribution in [1.29, 1.82) is 0 Å². The summed E-state index contributed by atoms with van der Waals surface area (Å²) in [7, 11) is 4.04. The van der Waals surface area contributed by atoms with Gasteiger partial charge in [0.05, 0.1) is 12.5 Å². The van der Waals surface area contributed by atoms with Crippen molar-refractivity contribution in [3.8, 4) is 5.75 Å². The molecule has 7 nitrogen and oxygen atoms in total. The minimum atomic E-state index is -0.487. The normalized spacial score (nSPS) is 17.2. The zero-order valence-electron chi connectivity index (χ0n) is 21.0. The van der Waals surface area contributed by atoms with E-state index >= 15 is 0 Å². The standard InChI is InChI=1S/C27H37N3O4/c1-6-30(7-2)22-11-12-23-19(3)24(26(31)34-25(23)16-22)13-14-33-27(32)28-17-20-9-8-10-21(15-20)18-29(4)5/h8-12,15-16,19,24H,6-7,13-14,17-18H2,1-5H3,(H,28,32). The van der Waals surface area contributed by atoms with Gasteiger partial charge in [-0.25, -0.2) is 4.79 Å². The third-order valence-electron chi connectivity index (χ3n) is 6.32. The second kappa shape index (κ2) is 11.9. The lowest BCUT2D eigenvalue weighted by atomic mass is 9.83. The van der Waals surface area contributed by atoms with Crippen LogP contribution in [0.2, 0.25) is 0 Å². The summed E-state index contributed by atoms with van der Waals surface area (Å²) in [5.74, 6) is 0.0159. The first-order chi connectivity index (χ1) is 16.3. The van der Waals surface area contributed by atoms with Crippen LogP contribution in [0.5, 0.6) is 5.75 Å². The summed E-state index contributed by atoms with van der Waals surface area (Å²) < 4.78 is 11.0. The molecular formula is C27H37N3O4. The van der Waals surface area contributed by atoms with Crippen LogP contribution < -0.4 is 15.0 Å². The van der Waals surface area contributed by atoms with Crippen LogP contribution in [0.15, 0.2) is 42.5 Å². The van der Waals surface area contributed by atoms with Crippen molar-refractivity contribution in [1.82, 2.24) is 10.2 Å². The zero-order chi connectivity index (χ0) is 24.7. The number of rotatable bonds is 10. The highest BCUT2D eigenvalue weighted by molar-refractivity contribution is 5.80. The van der Waals surface area contributed by atoms with Crippen LogP contribution in [0.3, 0.4) is 0 Å².